The zero-order valence-corrected chi connectivity index (χ0v) is 13.0. The van der Waals surface area contributed by atoms with Gasteiger partial charge in [-0.15, -0.1) is 0 Å². The summed E-state index contributed by atoms with van der Waals surface area (Å²) in [4.78, 5) is 4.53. The Bertz CT molecular complexity index is 703. The average molecular weight is 298 g/mol. The molecular weight excluding hydrogens is 280 g/mol. The van der Waals surface area contributed by atoms with Gasteiger partial charge in [0.1, 0.15) is 11.6 Å². The molecule has 0 saturated carbocycles. The summed E-state index contributed by atoms with van der Waals surface area (Å²) in [6.07, 6.45) is 4.90. The molecule has 0 unspecified atom stereocenters. The normalized spacial score (nSPS) is 12.3. The summed E-state index contributed by atoms with van der Waals surface area (Å²) in [5, 5.41) is 4.33. The molecule has 0 bridgehead atoms. The number of aromatic nitrogens is 2. The van der Waals surface area contributed by atoms with E-state index in [0.29, 0.717) is 6.04 Å². The van der Waals surface area contributed by atoms with Crippen molar-refractivity contribution in [3.8, 4) is 17.1 Å². The Morgan fingerprint density at radius 3 is 2.90 bits per heavy atom. The Morgan fingerprint density at radius 1 is 1.29 bits per heavy atom. The second-order valence-corrected chi connectivity index (χ2v) is 5.82. The molecule has 0 spiro atoms. The van der Waals surface area contributed by atoms with Crippen molar-refractivity contribution in [1.29, 1.82) is 0 Å². The van der Waals surface area contributed by atoms with Crippen LogP contribution in [0, 0.1) is 0 Å². The number of thiophene rings is 1. The van der Waals surface area contributed by atoms with Crippen LogP contribution in [0.25, 0.3) is 11.4 Å². The Balaban J connectivity index is 1.93. The highest BCUT2D eigenvalue weighted by Gasteiger charge is 2.15. The molecule has 21 heavy (non-hydrogen) atoms. The maximum absolute atomic E-state index is 5.46. The summed E-state index contributed by atoms with van der Waals surface area (Å²) in [5.74, 6) is 1.81. The molecule has 1 atom stereocenters. The van der Waals surface area contributed by atoms with Gasteiger partial charge in [-0.25, -0.2) is 4.98 Å². The van der Waals surface area contributed by atoms with Gasteiger partial charge in [0.05, 0.1) is 12.7 Å². The smallest absolute Gasteiger partial charge is 0.143 e. The van der Waals surface area contributed by atoms with Gasteiger partial charge in [-0.3, -0.25) is 0 Å². The monoisotopic (exact) mass is 298 g/mol. The maximum Gasteiger partial charge on any atom is 0.143 e. The van der Waals surface area contributed by atoms with E-state index >= 15 is 0 Å². The van der Waals surface area contributed by atoms with Crippen molar-refractivity contribution in [2.45, 2.75) is 19.4 Å². The molecule has 0 N–H and O–H groups in total. The molecule has 0 radical (unpaired) electrons. The van der Waals surface area contributed by atoms with Crippen LogP contribution in [0.3, 0.4) is 0 Å². The number of hydrogen-bond acceptors (Lipinski definition) is 3. The second kappa shape index (κ2) is 6.14. The minimum atomic E-state index is 0.349. The number of hydrogen-bond donors (Lipinski definition) is 0. The van der Waals surface area contributed by atoms with Crippen LogP contribution in [-0.2, 0) is 6.42 Å². The van der Waals surface area contributed by atoms with Crippen LogP contribution in [0.1, 0.15) is 18.5 Å². The zero-order chi connectivity index (χ0) is 14.7. The number of ether oxygens (including phenoxy) is 1. The van der Waals surface area contributed by atoms with E-state index in [1.165, 1.54) is 5.56 Å². The topological polar surface area (TPSA) is 27.1 Å². The SMILES string of the molecule is COc1ccccc1-c1nccn1[C@H](C)Cc1ccsc1. The molecule has 108 valence electrons. The van der Waals surface area contributed by atoms with E-state index in [9.17, 15) is 0 Å². The van der Waals surface area contributed by atoms with Gasteiger partial charge < -0.3 is 9.30 Å². The zero-order valence-electron chi connectivity index (χ0n) is 12.2. The highest BCUT2D eigenvalue weighted by atomic mass is 32.1. The minimum Gasteiger partial charge on any atom is -0.496 e. The van der Waals surface area contributed by atoms with Crippen LogP contribution in [-0.4, -0.2) is 16.7 Å². The van der Waals surface area contributed by atoms with Gasteiger partial charge in [0.15, 0.2) is 0 Å². The van der Waals surface area contributed by atoms with Crippen molar-refractivity contribution in [3.05, 3.63) is 59.0 Å². The largest absolute Gasteiger partial charge is 0.496 e. The summed E-state index contributed by atoms with van der Waals surface area (Å²) in [5.41, 5.74) is 2.40. The summed E-state index contributed by atoms with van der Waals surface area (Å²) < 4.78 is 7.68. The third-order valence-electron chi connectivity index (χ3n) is 3.60. The molecule has 0 aliphatic carbocycles. The van der Waals surface area contributed by atoms with Gasteiger partial charge in [0.25, 0.3) is 0 Å². The Morgan fingerprint density at radius 2 is 2.14 bits per heavy atom. The van der Waals surface area contributed by atoms with Gasteiger partial charge in [-0.05, 0) is 47.9 Å². The third kappa shape index (κ3) is 2.85. The first-order valence-corrected chi connectivity index (χ1v) is 7.91. The molecule has 4 heteroatoms. The number of benzene rings is 1. The van der Waals surface area contributed by atoms with E-state index in [-0.39, 0.29) is 0 Å². The van der Waals surface area contributed by atoms with Crippen molar-refractivity contribution >= 4 is 11.3 Å². The van der Waals surface area contributed by atoms with Crippen molar-refractivity contribution in [2.24, 2.45) is 0 Å². The summed E-state index contributed by atoms with van der Waals surface area (Å²) in [6, 6.07) is 10.5. The molecule has 0 fully saturated rings. The molecule has 2 aromatic heterocycles. The first kappa shape index (κ1) is 13.9. The summed E-state index contributed by atoms with van der Waals surface area (Å²) in [6.45, 7) is 2.22. The molecule has 2 heterocycles. The fourth-order valence-electron chi connectivity index (χ4n) is 2.55. The number of methoxy groups -OCH3 is 1. The quantitative estimate of drug-likeness (QED) is 0.697. The molecule has 3 aromatic rings. The van der Waals surface area contributed by atoms with Crippen LogP contribution in [0.4, 0.5) is 0 Å². The fraction of sp³-hybridized carbons (Fsp3) is 0.235. The summed E-state index contributed by atoms with van der Waals surface area (Å²) in [7, 11) is 1.70. The molecule has 3 nitrogen and oxygen atoms in total. The third-order valence-corrected chi connectivity index (χ3v) is 4.33. The number of para-hydroxylation sites is 1. The van der Waals surface area contributed by atoms with E-state index in [4.69, 9.17) is 4.74 Å². The Hall–Kier alpha value is -2.07. The molecular formula is C17H18N2OS. The van der Waals surface area contributed by atoms with Crippen LogP contribution >= 0.6 is 11.3 Å². The van der Waals surface area contributed by atoms with Crippen LogP contribution in [0.5, 0.6) is 5.75 Å². The predicted octanol–water partition coefficient (Wildman–Crippen LogP) is 4.42. The van der Waals surface area contributed by atoms with Crippen LogP contribution in [0.15, 0.2) is 53.5 Å². The molecule has 1 aromatic carbocycles. The number of imidazole rings is 1. The fourth-order valence-corrected chi connectivity index (χ4v) is 3.24. The number of rotatable bonds is 5. The predicted molar refractivity (Wildman–Crippen MR) is 86.9 cm³/mol. The lowest BCUT2D eigenvalue weighted by atomic mass is 10.1. The maximum atomic E-state index is 5.46. The van der Waals surface area contributed by atoms with Gasteiger partial charge in [0.2, 0.25) is 0 Å². The molecule has 0 aliphatic rings. The van der Waals surface area contributed by atoms with Crippen LogP contribution < -0.4 is 4.74 Å². The van der Waals surface area contributed by atoms with E-state index in [2.05, 4.69) is 39.4 Å². The Labute approximate surface area is 128 Å². The first-order valence-electron chi connectivity index (χ1n) is 6.97. The number of nitrogens with zero attached hydrogens (tertiary/aromatic N) is 2. The summed E-state index contributed by atoms with van der Waals surface area (Å²) >= 11 is 1.74. The van der Waals surface area contributed by atoms with Gasteiger partial charge >= 0.3 is 0 Å². The lowest BCUT2D eigenvalue weighted by Crippen LogP contribution is -2.09. The molecule has 0 saturated heterocycles. The van der Waals surface area contributed by atoms with Crippen molar-refractivity contribution < 1.29 is 4.74 Å². The van der Waals surface area contributed by atoms with Gasteiger partial charge in [-0.1, -0.05) is 12.1 Å². The van der Waals surface area contributed by atoms with Crippen molar-refractivity contribution in [3.63, 3.8) is 0 Å². The molecule has 3 rings (SSSR count). The highest BCUT2D eigenvalue weighted by Crippen LogP contribution is 2.30. The second-order valence-electron chi connectivity index (χ2n) is 5.04. The molecule has 0 aliphatic heterocycles. The highest BCUT2D eigenvalue weighted by molar-refractivity contribution is 7.07. The standard InChI is InChI=1S/C17H18N2OS/c1-13(11-14-7-10-21-12-14)19-9-8-18-17(19)15-5-3-4-6-16(15)20-2/h3-10,12-13H,11H2,1-2H3/t13-/m1/s1. The first-order chi connectivity index (χ1) is 10.3. The van der Waals surface area contributed by atoms with Crippen molar-refractivity contribution in [1.82, 2.24) is 9.55 Å². The average Bonchev–Trinajstić information content (AvgIpc) is 3.18. The van der Waals surface area contributed by atoms with E-state index < -0.39 is 0 Å². The lowest BCUT2D eigenvalue weighted by molar-refractivity contribution is 0.415. The molecule has 0 amide bonds. The Kier molecular flexibility index (Phi) is 4.06. The minimum absolute atomic E-state index is 0.349. The van der Waals surface area contributed by atoms with Gasteiger partial charge in [0, 0.05) is 18.4 Å². The van der Waals surface area contributed by atoms with E-state index in [0.717, 1.165) is 23.6 Å². The lowest BCUT2D eigenvalue weighted by Gasteiger charge is -2.17. The van der Waals surface area contributed by atoms with Gasteiger partial charge in [-0.2, -0.15) is 11.3 Å². The van der Waals surface area contributed by atoms with E-state index in [1.54, 1.807) is 18.4 Å². The van der Waals surface area contributed by atoms with E-state index in [1.807, 2.05) is 30.6 Å². The van der Waals surface area contributed by atoms with Crippen LogP contribution in [0.2, 0.25) is 0 Å². The van der Waals surface area contributed by atoms with Crippen molar-refractivity contribution in [2.75, 3.05) is 7.11 Å².